The molecule has 0 bridgehead atoms. The largest absolute Gasteiger partial charge is 0.363 e. The predicted octanol–water partition coefficient (Wildman–Crippen LogP) is 2.75. The highest BCUT2D eigenvalue weighted by molar-refractivity contribution is 7.09. The van der Waals surface area contributed by atoms with Gasteiger partial charge >= 0.3 is 0 Å². The molecule has 1 unspecified atom stereocenters. The smallest absolute Gasteiger partial charge is 0.206 e. The fraction of sp³-hybridized carbons (Fsp3) is 0.316. The van der Waals surface area contributed by atoms with Crippen LogP contribution < -0.4 is 16.0 Å². The third-order valence-corrected chi connectivity index (χ3v) is 5.01. The van der Waals surface area contributed by atoms with Crippen LogP contribution in [0.3, 0.4) is 0 Å². The van der Waals surface area contributed by atoms with Gasteiger partial charge < -0.3 is 16.0 Å². The molecule has 0 amide bonds. The highest BCUT2D eigenvalue weighted by Crippen LogP contribution is 2.22. The summed E-state index contributed by atoms with van der Waals surface area (Å²) in [6, 6.07) is 12.6. The molecule has 1 atom stereocenters. The van der Waals surface area contributed by atoms with Crippen LogP contribution in [0, 0.1) is 6.92 Å². The molecule has 0 radical (unpaired) electrons. The van der Waals surface area contributed by atoms with E-state index < -0.39 is 0 Å². The van der Waals surface area contributed by atoms with Crippen molar-refractivity contribution in [3.05, 3.63) is 64.1 Å². The number of nitrogens with zero attached hydrogens (tertiary/aromatic N) is 3. The average Bonchev–Trinajstić information content (AvgIpc) is 3.09. The second-order valence-electron chi connectivity index (χ2n) is 6.31. The van der Waals surface area contributed by atoms with Crippen LogP contribution in [0.2, 0.25) is 0 Å². The van der Waals surface area contributed by atoms with Crippen molar-refractivity contribution >= 4 is 23.0 Å². The first kappa shape index (κ1) is 17.5. The van der Waals surface area contributed by atoms with Gasteiger partial charge in [-0.2, -0.15) is 4.99 Å². The Kier molecular flexibility index (Phi) is 5.40. The maximum Gasteiger partial charge on any atom is 0.206 e. The highest BCUT2D eigenvalue weighted by Gasteiger charge is 2.24. The van der Waals surface area contributed by atoms with E-state index >= 15 is 0 Å². The number of aliphatic imine (C=N–C) groups is 1. The number of anilines is 1. The average molecular weight is 356 g/mol. The van der Waals surface area contributed by atoms with E-state index in [0.717, 1.165) is 30.4 Å². The molecule has 0 saturated carbocycles. The molecular weight excluding hydrogens is 330 g/mol. The van der Waals surface area contributed by atoms with Crippen LogP contribution in [0.25, 0.3) is 0 Å². The fourth-order valence-corrected chi connectivity index (χ4v) is 3.40. The number of hydrogen-bond acceptors (Lipinski definition) is 6. The molecule has 25 heavy (non-hydrogen) atoms. The summed E-state index contributed by atoms with van der Waals surface area (Å²) < 4.78 is 0. The number of guanidine groups is 1. The molecule has 0 spiro atoms. The molecule has 3 rings (SSSR count). The van der Waals surface area contributed by atoms with Gasteiger partial charge in [0.1, 0.15) is 12.0 Å². The first-order chi connectivity index (χ1) is 12.0. The standard InChI is InChI=1S/C19H25N5S/c1-14-6-8-15(9-7-14)24-17(20)13-18(23(2)3)22-19(24)21-11-10-16-5-4-12-25-16/h4-9,12-13,17H,10-11,20H2,1-3H3,(H,21,22). The van der Waals surface area contributed by atoms with Gasteiger partial charge in [-0.15, -0.1) is 11.3 Å². The van der Waals surface area contributed by atoms with E-state index in [1.54, 1.807) is 11.3 Å². The number of hydrogen-bond donors (Lipinski definition) is 2. The summed E-state index contributed by atoms with van der Waals surface area (Å²) in [5.74, 6) is 1.66. The van der Waals surface area contributed by atoms with E-state index in [2.05, 4.69) is 54.0 Å². The monoisotopic (exact) mass is 355 g/mol. The van der Waals surface area contributed by atoms with Crippen molar-refractivity contribution in [3.8, 4) is 0 Å². The van der Waals surface area contributed by atoms with Crippen molar-refractivity contribution in [2.24, 2.45) is 10.7 Å². The number of rotatable bonds is 5. The minimum absolute atomic E-state index is 0.262. The van der Waals surface area contributed by atoms with Crippen LogP contribution in [-0.2, 0) is 6.42 Å². The lowest BCUT2D eigenvalue weighted by atomic mass is 10.2. The molecule has 132 valence electrons. The third-order valence-electron chi connectivity index (χ3n) is 4.07. The molecule has 0 saturated heterocycles. The Labute approximate surface area is 153 Å². The van der Waals surface area contributed by atoms with E-state index in [9.17, 15) is 0 Å². The minimum Gasteiger partial charge on any atom is -0.363 e. The third kappa shape index (κ3) is 4.21. The molecule has 6 heteroatoms. The van der Waals surface area contributed by atoms with E-state index in [1.165, 1.54) is 10.4 Å². The van der Waals surface area contributed by atoms with Gasteiger partial charge in [0.2, 0.25) is 5.96 Å². The Bertz CT molecular complexity index is 747. The molecule has 1 aromatic heterocycles. The molecule has 1 aliphatic rings. The molecule has 0 fully saturated rings. The summed E-state index contributed by atoms with van der Waals surface area (Å²) in [5.41, 5.74) is 8.70. The predicted molar refractivity (Wildman–Crippen MR) is 107 cm³/mol. The van der Waals surface area contributed by atoms with E-state index in [0.29, 0.717) is 0 Å². The zero-order valence-corrected chi connectivity index (χ0v) is 15.8. The van der Waals surface area contributed by atoms with Crippen LogP contribution >= 0.6 is 11.3 Å². The van der Waals surface area contributed by atoms with Crippen molar-refractivity contribution in [2.45, 2.75) is 19.5 Å². The van der Waals surface area contributed by atoms with Crippen molar-refractivity contribution in [1.29, 1.82) is 0 Å². The number of thiophene rings is 1. The summed E-state index contributed by atoms with van der Waals surface area (Å²) in [5, 5.41) is 5.58. The van der Waals surface area contributed by atoms with E-state index in [-0.39, 0.29) is 6.17 Å². The number of nitrogens with one attached hydrogen (secondary N) is 1. The summed E-state index contributed by atoms with van der Waals surface area (Å²) in [6.45, 7) is 2.90. The van der Waals surface area contributed by atoms with Crippen LogP contribution in [0.4, 0.5) is 5.69 Å². The Morgan fingerprint density at radius 1 is 1.24 bits per heavy atom. The SMILES string of the molecule is Cc1ccc(N2C(NCCc3cccs3)=NC(N(C)C)=CC2N)cc1. The first-order valence-corrected chi connectivity index (χ1v) is 9.28. The van der Waals surface area contributed by atoms with Crippen LogP contribution in [0.5, 0.6) is 0 Å². The van der Waals surface area contributed by atoms with Crippen LogP contribution in [-0.4, -0.2) is 37.7 Å². The molecule has 3 N–H and O–H groups in total. The summed E-state index contributed by atoms with van der Waals surface area (Å²) in [4.78, 5) is 10.2. The molecule has 5 nitrogen and oxygen atoms in total. The van der Waals surface area contributed by atoms with Crippen molar-refractivity contribution in [3.63, 3.8) is 0 Å². The summed E-state index contributed by atoms with van der Waals surface area (Å²) in [7, 11) is 3.96. The second-order valence-corrected chi connectivity index (χ2v) is 7.34. The molecule has 1 aromatic carbocycles. The van der Waals surface area contributed by atoms with E-state index in [1.807, 2.05) is 30.0 Å². The van der Waals surface area contributed by atoms with Crippen LogP contribution in [0.1, 0.15) is 10.4 Å². The van der Waals surface area contributed by atoms with Crippen molar-refractivity contribution in [2.75, 3.05) is 25.5 Å². The van der Waals surface area contributed by atoms with Gasteiger partial charge in [-0.3, -0.25) is 4.90 Å². The Hall–Kier alpha value is -2.31. The topological polar surface area (TPSA) is 56.9 Å². The van der Waals surface area contributed by atoms with Crippen molar-refractivity contribution in [1.82, 2.24) is 10.2 Å². The minimum atomic E-state index is -0.262. The second kappa shape index (κ2) is 7.72. The lowest BCUT2D eigenvalue weighted by Crippen LogP contribution is -2.53. The summed E-state index contributed by atoms with van der Waals surface area (Å²) >= 11 is 1.78. The highest BCUT2D eigenvalue weighted by atomic mass is 32.1. The molecular formula is C19H25N5S. The lowest BCUT2D eigenvalue weighted by Gasteiger charge is -2.35. The zero-order valence-electron chi connectivity index (χ0n) is 14.9. The fourth-order valence-electron chi connectivity index (χ4n) is 2.69. The number of nitrogens with two attached hydrogens (primary N) is 1. The van der Waals surface area contributed by atoms with Gasteiger partial charge in [0.15, 0.2) is 0 Å². The molecule has 0 aliphatic carbocycles. The van der Waals surface area contributed by atoms with Crippen molar-refractivity contribution < 1.29 is 0 Å². The Morgan fingerprint density at radius 3 is 2.64 bits per heavy atom. The summed E-state index contributed by atoms with van der Waals surface area (Å²) in [6.07, 6.45) is 2.68. The molecule has 2 aromatic rings. The maximum absolute atomic E-state index is 6.44. The van der Waals surface area contributed by atoms with Gasteiger partial charge in [-0.05, 0) is 43.0 Å². The number of benzene rings is 1. The van der Waals surface area contributed by atoms with Gasteiger partial charge in [0.05, 0.1) is 0 Å². The Balaban J connectivity index is 1.81. The van der Waals surface area contributed by atoms with Gasteiger partial charge in [0, 0.05) is 31.2 Å². The first-order valence-electron chi connectivity index (χ1n) is 8.40. The van der Waals surface area contributed by atoms with Crippen LogP contribution in [0.15, 0.2) is 58.7 Å². The molecule has 1 aliphatic heterocycles. The van der Waals surface area contributed by atoms with Gasteiger partial charge in [0.25, 0.3) is 0 Å². The maximum atomic E-state index is 6.44. The lowest BCUT2D eigenvalue weighted by molar-refractivity contribution is 0.494. The van der Waals surface area contributed by atoms with E-state index in [4.69, 9.17) is 10.7 Å². The quantitative estimate of drug-likeness (QED) is 0.866. The zero-order chi connectivity index (χ0) is 17.8. The number of aryl methyl sites for hydroxylation is 1. The molecule has 2 heterocycles. The normalized spacial score (nSPS) is 17.1. The van der Waals surface area contributed by atoms with Gasteiger partial charge in [-0.25, -0.2) is 0 Å². The van der Waals surface area contributed by atoms with Gasteiger partial charge in [-0.1, -0.05) is 23.8 Å². The Morgan fingerprint density at radius 2 is 2.00 bits per heavy atom.